The van der Waals surface area contributed by atoms with Crippen LogP contribution in [-0.2, 0) is 9.59 Å². The normalized spacial score (nSPS) is 9.71. The van der Waals surface area contributed by atoms with Crippen molar-refractivity contribution in [1.82, 2.24) is 16.0 Å². The van der Waals surface area contributed by atoms with Crippen molar-refractivity contribution in [1.29, 1.82) is 0 Å². The number of thiol groups is 1. The molecule has 98 valence electrons. The van der Waals surface area contributed by atoms with Crippen molar-refractivity contribution in [3.8, 4) is 0 Å². The van der Waals surface area contributed by atoms with E-state index in [0.717, 1.165) is 0 Å². The van der Waals surface area contributed by atoms with Gasteiger partial charge in [0.15, 0.2) is 0 Å². The minimum atomic E-state index is -0.0788. The molecule has 0 atom stereocenters. The Labute approximate surface area is 112 Å². The Balaban J connectivity index is 3.20. The van der Waals surface area contributed by atoms with Gasteiger partial charge in [0.2, 0.25) is 11.8 Å². The summed E-state index contributed by atoms with van der Waals surface area (Å²) < 4.78 is 0. The van der Waals surface area contributed by atoms with Crippen LogP contribution in [0.1, 0.15) is 0 Å². The average molecular weight is 277 g/mol. The maximum atomic E-state index is 11.1. The van der Waals surface area contributed by atoms with Crippen LogP contribution in [0.2, 0.25) is 0 Å². The van der Waals surface area contributed by atoms with Gasteiger partial charge in [0, 0.05) is 26.2 Å². The molecular formula is C10H19N3O2S2. The molecule has 0 rings (SSSR count). The van der Waals surface area contributed by atoms with Gasteiger partial charge in [-0.15, -0.1) is 11.8 Å². The van der Waals surface area contributed by atoms with Crippen LogP contribution in [0, 0.1) is 0 Å². The molecule has 17 heavy (non-hydrogen) atoms. The van der Waals surface area contributed by atoms with Gasteiger partial charge in [0.25, 0.3) is 0 Å². The lowest BCUT2D eigenvalue weighted by molar-refractivity contribution is -0.119. The lowest BCUT2D eigenvalue weighted by Gasteiger charge is -2.07. The van der Waals surface area contributed by atoms with E-state index < -0.39 is 0 Å². The van der Waals surface area contributed by atoms with Crippen molar-refractivity contribution in [2.24, 2.45) is 0 Å². The van der Waals surface area contributed by atoms with Crippen LogP contribution < -0.4 is 16.0 Å². The second kappa shape index (κ2) is 11.8. The number of hydrogen-bond acceptors (Lipinski definition) is 5. The maximum Gasteiger partial charge on any atom is 0.230 e. The topological polar surface area (TPSA) is 70.2 Å². The monoisotopic (exact) mass is 277 g/mol. The second-order valence-electron chi connectivity index (χ2n) is 3.09. The van der Waals surface area contributed by atoms with Crippen molar-refractivity contribution in [3.05, 3.63) is 12.0 Å². The van der Waals surface area contributed by atoms with E-state index in [1.807, 2.05) is 0 Å². The van der Waals surface area contributed by atoms with E-state index in [0.29, 0.717) is 31.9 Å². The Hall–Kier alpha value is -0.660. The third-order valence-corrected chi connectivity index (χ3v) is 2.68. The lowest BCUT2D eigenvalue weighted by Crippen LogP contribution is -2.37. The molecule has 0 aromatic carbocycles. The minimum absolute atomic E-state index is 0.0000710. The fourth-order valence-corrected chi connectivity index (χ4v) is 1.43. The van der Waals surface area contributed by atoms with Crippen LogP contribution in [-0.4, -0.2) is 49.5 Å². The minimum Gasteiger partial charge on any atom is -0.354 e. The first-order chi connectivity index (χ1) is 8.20. The Kier molecular flexibility index (Phi) is 11.4. The summed E-state index contributed by atoms with van der Waals surface area (Å²) >= 11 is 5.21. The summed E-state index contributed by atoms with van der Waals surface area (Å²) in [5.74, 6) is 0.531. The fraction of sp³-hybridized carbons (Fsp3) is 0.600. The average Bonchev–Trinajstić information content (AvgIpc) is 2.34. The highest BCUT2D eigenvalue weighted by Crippen LogP contribution is 1.97. The van der Waals surface area contributed by atoms with Crippen LogP contribution in [0.4, 0.5) is 0 Å². The molecule has 2 amide bonds. The molecule has 0 aliphatic carbocycles. The summed E-state index contributed by atoms with van der Waals surface area (Å²) in [6.07, 6.45) is 0. The molecule has 0 aliphatic rings. The van der Waals surface area contributed by atoms with E-state index in [1.165, 1.54) is 11.8 Å². The standard InChI is InChI=1S/C10H19N3O2S2/c1-2-17-8-10(15)13-6-4-11-3-5-12-9(14)7-16/h2,11,16H,1,3-8H2,(H,12,14)(H,13,15). The number of thioether (sulfide) groups is 1. The highest BCUT2D eigenvalue weighted by molar-refractivity contribution is 8.02. The van der Waals surface area contributed by atoms with Gasteiger partial charge in [-0.1, -0.05) is 6.58 Å². The molecular weight excluding hydrogens is 258 g/mol. The number of amides is 2. The molecule has 0 saturated carbocycles. The summed E-state index contributed by atoms with van der Waals surface area (Å²) in [7, 11) is 0. The van der Waals surface area contributed by atoms with Gasteiger partial charge in [0.05, 0.1) is 11.5 Å². The van der Waals surface area contributed by atoms with E-state index >= 15 is 0 Å². The van der Waals surface area contributed by atoms with Gasteiger partial charge in [-0.2, -0.15) is 12.6 Å². The van der Waals surface area contributed by atoms with Crippen molar-refractivity contribution >= 4 is 36.2 Å². The smallest absolute Gasteiger partial charge is 0.230 e. The first-order valence-corrected chi connectivity index (χ1v) is 6.96. The Morgan fingerprint density at radius 3 is 2.24 bits per heavy atom. The molecule has 0 radical (unpaired) electrons. The van der Waals surface area contributed by atoms with Crippen LogP contribution in [0.3, 0.4) is 0 Å². The molecule has 0 bridgehead atoms. The Bertz CT molecular complexity index is 250. The molecule has 0 saturated heterocycles. The predicted octanol–water partition coefficient (Wildman–Crippen LogP) is -0.385. The maximum absolute atomic E-state index is 11.1. The number of nitrogens with one attached hydrogen (secondary N) is 3. The molecule has 0 aliphatic heterocycles. The third kappa shape index (κ3) is 11.6. The first-order valence-electron chi connectivity index (χ1n) is 5.28. The lowest BCUT2D eigenvalue weighted by atomic mass is 10.5. The van der Waals surface area contributed by atoms with Gasteiger partial charge in [-0.3, -0.25) is 9.59 Å². The molecule has 0 heterocycles. The van der Waals surface area contributed by atoms with Crippen molar-refractivity contribution in [2.75, 3.05) is 37.7 Å². The number of carbonyl (C=O) groups is 2. The summed E-state index contributed by atoms with van der Waals surface area (Å²) in [6.45, 7) is 6.02. The van der Waals surface area contributed by atoms with Crippen molar-refractivity contribution in [2.45, 2.75) is 0 Å². The first kappa shape index (κ1) is 16.3. The van der Waals surface area contributed by atoms with E-state index in [4.69, 9.17) is 0 Å². The summed E-state index contributed by atoms with van der Waals surface area (Å²) in [4.78, 5) is 22.0. The van der Waals surface area contributed by atoms with Crippen LogP contribution >= 0.6 is 24.4 Å². The summed E-state index contributed by atoms with van der Waals surface area (Å²) in [5.41, 5.74) is 0. The molecule has 3 N–H and O–H groups in total. The molecule has 0 unspecified atom stereocenters. The molecule has 7 heteroatoms. The highest BCUT2D eigenvalue weighted by atomic mass is 32.2. The van der Waals surface area contributed by atoms with E-state index in [2.05, 4.69) is 35.2 Å². The summed E-state index contributed by atoms with van der Waals surface area (Å²) in [6, 6.07) is 0. The van der Waals surface area contributed by atoms with Crippen molar-refractivity contribution < 1.29 is 9.59 Å². The molecule has 0 spiro atoms. The Morgan fingerprint density at radius 2 is 1.71 bits per heavy atom. The molecule has 0 fully saturated rings. The van der Waals surface area contributed by atoms with Crippen LogP contribution in [0.25, 0.3) is 0 Å². The highest BCUT2D eigenvalue weighted by Gasteiger charge is 1.98. The van der Waals surface area contributed by atoms with Gasteiger partial charge >= 0.3 is 0 Å². The van der Waals surface area contributed by atoms with Crippen molar-refractivity contribution in [3.63, 3.8) is 0 Å². The van der Waals surface area contributed by atoms with E-state index in [1.54, 1.807) is 5.41 Å². The molecule has 5 nitrogen and oxygen atoms in total. The third-order valence-electron chi connectivity index (χ3n) is 1.72. The van der Waals surface area contributed by atoms with Crippen LogP contribution in [0.15, 0.2) is 12.0 Å². The largest absolute Gasteiger partial charge is 0.354 e. The zero-order valence-electron chi connectivity index (χ0n) is 9.70. The van der Waals surface area contributed by atoms with Gasteiger partial charge in [-0.05, 0) is 5.41 Å². The zero-order valence-corrected chi connectivity index (χ0v) is 11.4. The zero-order chi connectivity index (χ0) is 12.9. The second-order valence-corrected chi connectivity index (χ2v) is 4.36. The number of hydrogen-bond donors (Lipinski definition) is 4. The Morgan fingerprint density at radius 1 is 1.12 bits per heavy atom. The predicted molar refractivity (Wildman–Crippen MR) is 75.4 cm³/mol. The van der Waals surface area contributed by atoms with Gasteiger partial charge in [0.1, 0.15) is 0 Å². The van der Waals surface area contributed by atoms with E-state index in [-0.39, 0.29) is 17.6 Å². The van der Waals surface area contributed by atoms with Gasteiger partial charge < -0.3 is 16.0 Å². The quantitative estimate of drug-likeness (QED) is 0.324. The summed E-state index contributed by atoms with van der Waals surface area (Å²) in [5, 5.41) is 10.2. The van der Waals surface area contributed by atoms with Gasteiger partial charge in [-0.25, -0.2) is 0 Å². The number of rotatable bonds is 10. The van der Waals surface area contributed by atoms with E-state index in [9.17, 15) is 9.59 Å². The molecule has 0 aromatic rings. The molecule has 0 aromatic heterocycles. The SMILES string of the molecule is C=CSCC(=O)NCCNCCNC(=O)CS. The fourth-order valence-electron chi connectivity index (χ4n) is 0.947. The van der Waals surface area contributed by atoms with Crippen LogP contribution in [0.5, 0.6) is 0 Å². The number of carbonyl (C=O) groups excluding carboxylic acids is 2.